The number of hydrogen-bond donors (Lipinski definition) is 2. The van der Waals surface area contributed by atoms with Crippen molar-refractivity contribution in [2.75, 3.05) is 17.6 Å². The normalized spacial score (nSPS) is 18.8. The summed E-state index contributed by atoms with van der Waals surface area (Å²) in [4.78, 5) is 23.6. The van der Waals surface area contributed by atoms with Gasteiger partial charge in [0, 0.05) is 24.4 Å². The van der Waals surface area contributed by atoms with Gasteiger partial charge in [0.15, 0.2) is 0 Å². The van der Waals surface area contributed by atoms with E-state index in [2.05, 4.69) is 10.6 Å². The second-order valence-corrected chi connectivity index (χ2v) is 6.03. The fourth-order valence-electron chi connectivity index (χ4n) is 1.96. The third kappa shape index (κ3) is 3.73. The molecule has 0 radical (unpaired) electrons. The van der Waals surface area contributed by atoms with Crippen LogP contribution >= 0.6 is 11.8 Å². The van der Waals surface area contributed by atoms with Crippen LogP contribution in [0.2, 0.25) is 0 Å². The predicted octanol–water partition coefficient (Wildman–Crippen LogP) is 1.86. The number of rotatable bonds is 3. The highest BCUT2D eigenvalue weighted by atomic mass is 32.2. The summed E-state index contributed by atoms with van der Waals surface area (Å²) in [5.41, 5.74) is 2.96. The number of hydrogen-bond acceptors (Lipinski definition) is 3. The minimum Gasteiger partial charge on any atom is -0.354 e. The molecule has 1 saturated heterocycles. The molecular formula is C14H18N2O2S. The fourth-order valence-corrected chi connectivity index (χ4v) is 2.97. The average Bonchev–Trinajstić information content (AvgIpc) is 2.37. The monoisotopic (exact) mass is 278 g/mol. The van der Waals surface area contributed by atoms with E-state index in [1.807, 2.05) is 32.0 Å². The summed E-state index contributed by atoms with van der Waals surface area (Å²) in [5.74, 6) is 0.725. The molecule has 5 heteroatoms. The van der Waals surface area contributed by atoms with Gasteiger partial charge in [-0.1, -0.05) is 12.1 Å². The SMILES string of the molecule is Cc1ccc(C)c(NC(=O)C[C@H]2SCCNC2=O)c1. The van der Waals surface area contributed by atoms with Crippen LogP contribution in [0.25, 0.3) is 0 Å². The van der Waals surface area contributed by atoms with Gasteiger partial charge in [-0.25, -0.2) is 0 Å². The molecule has 1 atom stereocenters. The van der Waals surface area contributed by atoms with Gasteiger partial charge in [-0.15, -0.1) is 11.8 Å². The molecule has 19 heavy (non-hydrogen) atoms. The van der Waals surface area contributed by atoms with Crippen LogP contribution in [0.15, 0.2) is 18.2 Å². The molecule has 1 heterocycles. The van der Waals surface area contributed by atoms with Gasteiger partial charge in [0.2, 0.25) is 11.8 Å². The molecule has 1 aliphatic heterocycles. The maximum Gasteiger partial charge on any atom is 0.233 e. The Bertz CT molecular complexity index is 502. The van der Waals surface area contributed by atoms with Crippen molar-refractivity contribution in [2.24, 2.45) is 0 Å². The Balaban J connectivity index is 1.97. The standard InChI is InChI=1S/C14H18N2O2S/c1-9-3-4-10(2)11(7-9)16-13(17)8-12-14(18)15-5-6-19-12/h3-4,7,12H,5-6,8H2,1-2H3,(H,15,18)(H,16,17)/t12-/m1/s1. The molecule has 0 saturated carbocycles. The smallest absolute Gasteiger partial charge is 0.233 e. The van der Waals surface area contributed by atoms with Gasteiger partial charge in [-0.05, 0) is 31.0 Å². The fraction of sp³-hybridized carbons (Fsp3) is 0.429. The third-order valence-corrected chi connectivity index (χ3v) is 4.27. The lowest BCUT2D eigenvalue weighted by atomic mass is 10.1. The van der Waals surface area contributed by atoms with E-state index in [-0.39, 0.29) is 23.5 Å². The minimum absolute atomic E-state index is 0.0348. The van der Waals surface area contributed by atoms with Gasteiger partial charge in [-0.2, -0.15) is 0 Å². The molecule has 2 amide bonds. The Morgan fingerprint density at radius 2 is 2.26 bits per heavy atom. The zero-order valence-corrected chi connectivity index (χ0v) is 12.0. The largest absolute Gasteiger partial charge is 0.354 e. The number of carbonyl (C=O) groups excluding carboxylic acids is 2. The van der Waals surface area contributed by atoms with E-state index < -0.39 is 0 Å². The Hall–Kier alpha value is -1.49. The van der Waals surface area contributed by atoms with Crippen LogP contribution in [0, 0.1) is 13.8 Å². The first kappa shape index (κ1) is 13.9. The lowest BCUT2D eigenvalue weighted by Crippen LogP contribution is -2.40. The summed E-state index contributed by atoms with van der Waals surface area (Å²) in [6.07, 6.45) is 0.226. The maximum atomic E-state index is 12.0. The lowest BCUT2D eigenvalue weighted by Gasteiger charge is -2.21. The van der Waals surface area contributed by atoms with E-state index >= 15 is 0 Å². The summed E-state index contributed by atoms with van der Waals surface area (Å²) >= 11 is 1.54. The molecule has 1 aliphatic rings. The summed E-state index contributed by atoms with van der Waals surface area (Å²) in [5, 5.41) is 5.40. The molecule has 1 fully saturated rings. The lowest BCUT2D eigenvalue weighted by molar-refractivity contribution is -0.123. The summed E-state index contributed by atoms with van der Waals surface area (Å²) in [6.45, 7) is 4.63. The molecule has 0 bridgehead atoms. The second kappa shape index (κ2) is 6.10. The van der Waals surface area contributed by atoms with Crippen molar-refractivity contribution in [1.82, 2.24) is 5.32 Å². The van der Waals surface area contributed by atoms with Crippen LogP contribution in [0.5, 0.6) is 0 Å². The number of anilines is 1. The van der Waals surface area contributed by atoms with Gasteiger partial charge >= 0.3 is 0 Å². The number of thioether (sulfide) groups is 1. The Morgan fingerprint density at radius 1 is 1.47 bits per heavy atom. The molecule has 4 nitrogen and oxygen atoms in total. The zero-order valence-electron chi connectivity index (χ0n) is 11.2. The van der Waals surface area contributed by atoms with Crippen molar-refractivity contribution < 1.29 is 9.59 Å². The van der Waals surface area contributed by atoms with Crippen LogP contribution in [0.4, 0.5) is 5.69 Å². The maximum absolute atomic E-state index is 12.0. The van der Waals surface area contributed by atoms with Crippen molar-refractivity contribution >= 4 is 29.3 Å². The number of nitrogens with one attached hydrogen (secondary N) is 2. The van der Waals surface area contributed by atoms with Gasteiger partial charge in [0.05, 0.1) is 5.25 Å². The Morgan fingerprint density at radius 3 is 3.00 bits per heavy atom. The highest BCUT2D eigenvalue weighted by Gasteiger charge is 2.25. The van der Waals surface area contributed by atoms with Gasteiger partial charge in [0.25, 0.3) is 0 Å². The van der Waals surface area contributed by atoms with Crippen LogP contribution in [0.1, 0.15) is 17.5 Å². The zero-order chi connectivity index (χ0) is 13.8. The number of benzene rings is 1. The van der Waals surface area contributed by atoms with E-state index in [1.54, 1.807) is 11.8 Å². The van der Waals surface area contributed by atoms with E-state index in [1.165, 1.54) is 0 Å². The minimum atomic E-state index is -0.265. The molecule has 1 aromatic rings. The van der Waals surface area contributed by atoms with Crippen LogP contribution in [-0.2, 0) is 9.59 Å². The predicted molar refractivity (Wildman–Crippen MR) is 78.4 cm³/mol. The molecular weight excluding hydrogens is 260 g/mol. The molecule has 2 N–H and O–H groups in total. The van der Waals surface area contributed by atoms with Crippen LogP contribution < -0.4 is 10.6 Å². The quantitative estimate of drug-likeness (QED) is 0.887. The van der Waals surface area contributed by atoms with E-state index in [0.29, 0.717) is 6.54 Å². The average molecular weight is 278 g/mol. The number of amides is 2. The molecule has 0 unspecified atom stereocenters. The van der Waals surface area contributed by atoms with Crippen molar-refractivity contribution in [3.8, 4) is 0 Å². The van der Waals surface area contributed by atoms with E-state index in [4.69, 9.17) is 0 Å². The van der Waals surface area contributed by atoms with E-state index in [9.17, 15) is 9.59 Å². The summed E-state index contributed by atoms with van der Waals surface area (Å²) in [6, 6.07) is 5.93. The van der Waals surface area contributed by atoms with Crippen molar-refractivity contribution in [1.29, 1.82) is 0 Å². The van der Waals surface area contributed by atoms with Crippen molar-refractivity contribution in [3.05, 3.63) is 29.3 Å². The summed E-state index contributed by atoms with van der Waals surface area (Å²) in [7, 11) is 0. The van der Waals surface area contributed by atoms with Gasteiger partial charge < -0.3 is 10.6 Å². The highest BCUT2D eigenvalue weighted by Crippen LogP contribution is 2.20. The van der Waals surface area contributed by atoms with Crippen molar-refractivity contribution in [2.45, 2.75) is 25.5 Å². The molecule has 0 aliphatic carbocycles. The first-order valence-corrected chi connectivity index (χ1v) is 7.37. The second-order valence-electron chi connectivity index (χ2n) is 4.72. The van der Waals surface area contributed by atoms with Gasteiger partial charge in [-0.3, -0.25) is 9.59 Å². The van der Waals surface area contributed by atoms with E-state index in [0.717, 1.165) is 22.6 Å². The Kier molecular flexibility index (Phi) is 4.47. The first-order valence-electron chi connectivity index (χ1n) is 6.32. The van der Waals surface area contributed by atoms with Crippen LogP contribution in [-0.4, -0.2) is 29.4 Å². The first-order chi connectivity index (χ1) is 9.06. The molecule has 1 aromatic carbocycles. The highest BCUT2D eigenvalue weighted by molar-refractivity contribution is 8.00. The number of aryl methyl sites for hydroxylation is 2. The number of carbonyl (C=O) groups is 2. The summed E-state index contributed by atoms with van der Waals surface area (Å²) < 4.78 is 0. The Labute approximate surface area is 117 Å². The van der Waals surface area contributed by atoms with Gasteiger partial charge in [0.1, 0.15) is 0 Å². The van der Waals surface area contributed by atoms with Crippen LogP contribution in [0.3, 0.4) is 0 Å². The molecule has 0 spiro atoms. The molecule has 102 valence electrons. The third-order valence-electron chi connectivity index (χ3n) is 3.05. The van der Waals surface area contributed by atoms with Crippen molar-refractivity contribution in [3.63, 3.8) is 0 Å². The molecule has 2 rings (SSSR count). The topological polar surface area (TPSA) is 58.2 Å². The molecule has 0 aromatic heterocycles.